The molecule has 1 aromatic heterocycles. The van der Waals surface area contributed by atoms with Crippen LogP contribution in [0.1, 0.15) is 41.1 Å². The van der Waals surface area contributed by atoms with E-state index in [1.54, 1.807) is 12.0 Å². The number of allylic oxidation sites excluding steroid dienone is 1. The van der Waals surface area contributed by atoms with E-state index in [1.165, 1.54) is 5.56 Å². The van der Waals surface area contributed by atoms with Crippen LogP contribution in [-0.2, 0) is 6.54 Å². The van der Waals surface area contributed by atoms with Gasteiger partial charge in [0.2, 0.25) is 5.82 Å². The summed E-state index contributed by atoms with van der Waals surface area (Å²) in [5.74, 6) is 1.62. The minimum absolute atomic E-state index is 0.184. The maximum absolute atomic E-state index is 13.3. The maximum Gasteiger partial charge on any atom is 0.322 e. The average Bonchev–Trinajstić information content (AvgIpc) is 3.37. The van der Waals surface area contributed by atoms with Crippen LogP contribution in [0.5, 0.6) is 5.75 Å². The maximum atomic E-state index is 13.3. The first-order valence-electron chi connectivity index (χ1n) is 11.8. The number of amides is 2. The van der Waals surface area contributed by atoms with Crippen molar-refractivity contribution in [1.29, 1.82) is 0 Å². The van der Waals surface area contributed by atoms with Crippen molar-refractivity contribution in [3.8, 4) is 17.1 Å². The summed E-state index contributed by atoms with van der Waals surface area (Å²) < 4.78 is 11.1. The number of hydrogen-bond donors (Lipinski definition) is 1. The summed E-state index contributed by atoms with van der Waals surface area (Å²) in [4.78, 5) is 19.8. The molecule has 4 aromatic rings. The zero-order chi connectivity index (χ0) is 25.2. The lowest BCUT2D eigenvalue weighted by Gasteiger charge is -2.35. The third-order valence-corrected chi connectivity index (χ3v) is 6.44. The van der Waals surface area contributed by atoms with E-state index in [2.05, 4.69) is 10.5 Å². The molecule has 1 atom stereocenters. The van der Waals surface area contributed by atoms with Crippen molar-refractivity contribution in [3.05, 3.63) is 107 Å². The van der Waals surface area contributed by atoms with Gasteiger partial charge < -0.3 is 14.6 Å². The fourth-order valence-corrected chi connectivity index (χ4v) is 4.41. The molecule has 3 aromatic carbocycles. The summed E-state index contributed by atoms with van der Waals surface area (Å²) in [7, 11) is 1.63. The number of methoxy groups -OCH3 is 1. The monoisotopic (exact) mass is 480 g/mol. The van der Waals surface area contributed by atoms with E-state index in [9.17, 15) is 4.79 Å². The molecule has 1 aliphatic heterocycles. The third-order valence-electron chi connectivity index (χ3n) is 6.44. The van der Waals surface area contributed by atoms with Gasteiger partial charge in [-0.1, -0.05) is 70.9 Å². The first-order valence-corrected chi connectivity index (χ1v) is 11.8. The second-order valence-corrected chi connectivity index (χ2v) is 9.02. The van der Waals surface area contributed by atoms with Crippen LogP contribution in [0, 0.1) is 13.8 Å². The van der Waals surface area contributed by atoms with Crippen LogP contribution in [-0.4, -0.2) is 28.2 Å². The number of aryl methyl sites for hydroxylation is 2. The van der Waals surface area contributed by atoms with Crippen molar-refractivity contribution in [2.24, 2.45) is 0 Å². The molecule has 0 saturated heterocycles. The molecule has 0 fully saturated rings. The van der Waals surface area contributed by atoms with Crippen LogP contribution in [0.2, 0.25) is 0 Å². The highest BCUT2D eigenvalue weighted by molar-refractivity contribution is 5.87. The lowest BCUT2D eigenvalue weighted by atomic mass is 9.94. The molecule has 7 heteroatoms. The molecule has 36 heavy (non-hydrogen) atoms. The van der Waals surface area contributed by atoms with Gasteiger partial charge in [-0.2, -0.15) is 4.98 Å². The van der Waals surface area contributed by atoms with Crippen molar-refractivity contribution in [2.45, 2.75) is 33.4 Å². The molecular weight excluding hydrogens is 452 g/mol. The molecule has 0 bridgehead atoms. The molecule has 7 nitrogen and oxygen atoms in total. The Morgan fingerprint density at radius 2 is 1.72 bits per heavy atom. The summed E-state index contributed by atoms with van der Waals surface area (Å²) in [5.41, 5.74) is 6.61. The number of rotatable bonds is 6. The van der Waals surface area contributed by atoms with Gasteiger partial charge in [0.25, 0.3) is 5.89 Å². The van der Waals surface area contributed by atoms with Crippen LogP contribution in [0.3, 0.4) is 0 Å². The fourth-order valence-electron chi connectivity index (χ4n) is 4.41. The number of urea groups is 1. The molecule has 1 aliphatic rings. The number of aromatic nitrogens is 2. The number of benzene rings is 3. The first-order chi connectivity index (χ1) is 17.4. The predicted molar refractivity (Wildman–Crippen MR) is 138 cm³/mol. The van der Waals surface area contributed by atoms with Crippen molar-refractivity contribution in [1.82, 2.24) is 20.4 Å². The Bertz CT molecular complexity index is 1420. The minimum atomic E-state index is -0.455. The Morgan fingerprint density at radius 3 is 2.42 bits per heavy atom. The van der Waals surface area contributed by atoms with Crippen molar-refractivity contribution >= 4 is 11.6 Å². The largest absolute Gasteiger partial charge is 0.497 e. The van der Waals surface area contributed by atoms with Gasteiger partial charge in [-0.3, -0.25) is 4.90 Å². The van der Waals surface area contributed by atoms with E-state index in [1.807, 2.05) is 93.6 Å². The molecule has 1 N–H and O–H groups in total. The lowest BCUT2D eigenvalue weighted by molar-refractivity contribution is 0.203. The number of carbonyl (C=O) groups is 1. The van der Waals surface area contributed by atoms with Gasteiger partial charge in [0, 0.05) is 11.3 Å². The summed E-state index contributed by atoms with van der Waals surface area (Å²) in [6.45, 7) is 6.42. The van der Waals surface area contributed by atoms with E-state index in [-0.39, 0.29) is 6.03 Å². The summed E-state index contributed by atoms with van der Waals surface area (Å²) in [6.07, 6.45) is 0. The van der Waals surface area contributed by atoms with Crippen LogP contribution < -0.4 is 10.1 Å². The molecule has 5 rings (SSSR count). The third kappa shape index (κ3) is 4.60. The Balaban J connectivity index is 1.59. The number of ether oxygens (including phenoxy) is 1. The lowest BCUT2D eigenvalue weighted by Crippen LogP contribution is -2.45. The normalized spacial score (nSPS) is 15.7. The zero-order valence-electron chi connectivity index (χ0n) is 20.8. The Labute approximate surface area is 210 Å². The molecule has 0 aliphatic carbocycles. The van der Waals surface area contributed by atoms with Crippen LogP contribution in [0.4, 0.5) is 4.79 Å². The molecule has 2 amide bonds. The Kier molecular flexibility index (Phi) is 6.29. The van der Waals surface area contributed by atoms with Crippen molar-refractivity contribution < 1.29 is 14.1 Å². The van der Waals surface area contributed by atoms with Gasteiger partial charge in [0.1, 0.15) is 5.75 Å². The topological polar surface area (TPSA) is 80.5 Å². The van der Waals surface area contributed by atoms with Crippen LogP contribution in [0.25, 0.3) is 17.0 Å². The molecule has 0 spiro atoms. The number of nitrogens with one attached hydrogen (secondary N) is 1. The van der Waals surface area contributed by atoms with E-state index in [0.29, 0.717) is 18.3 Å². The number of carbonyl (C=O) groups excluding carboxylic acids is 1. The first kappa shape index (κ1) is 23.4. The van der Waals surface area contributed by atoms with Crippen molar-refractivity contribution in [3.63, 3.8) is 0 Å². The van der Waals surface area contributed by atoms with Gasteiger partial charge in [0.05, 0.1) is 25.3 Å². The average molecular weight is 481 g/mol. The second kappa shape index (κ2) is 9.70. The molecule has 0 saturated carbocycles. The van der Waals surface area contributed by atoms with E-state index in [4.69, 9.17) is 14.2 Å². The van der Waals surface area contributed by atoms with E-state index in [0.717, 1.165) is 39.3 Å². The highest BCUT2D eigenvalue weighted by atomic mass is 16.5. The summed E-state index contributed by atoms with van der Waals surface area (Å²) in [5, 5.41) is 7.41. The predicted octanol–water partition coefficient (Wildman–Crippen LogP) is 6.06. The van der Waals surface area contributed by atoms with Gasteiger partial charge in [-0.05, 0) is 50.1 Å². The minimum Gasteiger partial charge on any atom is -0.497 e. The molecule has 0 radical (unpaired) electrons. The smallest absolute Gasteiger partial charge is 0.322 e. The van der Waals surface area contributed by atoms with Crippen LogP contribution >= 0.6 is 0 Å². The quantitative estimate of drug-likeness (QED) is 0.363. The summed E-state index contributed by atoms with van der Waals surface area (Å²) >= 11 is 0. The van der Waals surface area contributed by atoms with Gasteiger partial charge in [-0.15, -0.1) is 0 Å². The molecule has 2 heterocycles. The zero-order valence-corrected chi connectivity index (χ0v) is 20.8. The van der Waals surface area contributed by atoms with Crippen LogP contribution in [0.15, 0.2) is 83.0 Å². The summed E-state index contributed by atoms with van der Waals surface area (Å²) in [6, 6.07) is 23.1. The second-order valence-electron chi connectivity index (χ2n) is 9.02. The Hall–Kier alpha value is -4.39. The molecule has 1 unspecified atom stereocenters. The SMILES string of the molecule is COc1ccc(C2NC(=O)N(Cc3ccc(C)cc3)C(C)=C2c2nc(-c3cccc(C)c3)no2)cc1. The van der Waals surface area contributed by atoms with Gasteiger partial charge in [0.15, 0.2) is 0 Å². The van der Waals surface area contributed by atoms with E-state index >= 15 is 0 Å². The van der Waals surface area contributed by atoms with Gasteiger partial charge in [-0.25, -0.2) is 4.79 Å². The Morgan fingerprint density at radius 1 is 0.972 bits per heavy atom. The number of hydrogen-bond acceptors (Lipinski definition) is 5. The highest BCUT2D eigenvalue weighted by Gasteiger charge is 2.35. The van der Waals surface area contributed by atoms with Crippen molar-refractivity contribution in [2.75, 3.05) is 7.11 Å². The van der Waals surface area contributed by atoms with Gasteiger partial charge >= 0.3 is 6.03 Å². The highest BCUT2D eigenvalue weighted by Crippen LogP contribution is 2.38. The fraction of sp³-hybridized carbons (Fsp3) is 0.207. The van der Waals surface area contributed by atoms with E-state index < -0.39 is 6.04 Å². The molecule has 182 valence electrons. The molecular formula is C29H28N4O3. The standard InChI is InChI=1S/C29H28N4O3/c1-18-8-10-21(11-9-18)17-33-20(3)25(26(30-29(33)34)22-12-14-24(35-4)15-13-22)28-31-27(32-36-28)23-7-5-6-19(2)16-23/h5-16,26H,17H2,1-4H3,(H,30,34). The number of nitrogens with zero attached hydrogens (tertiary/aromatic N) is 3.